The molecule has 3 aromatic rings. The summed E-state index contributed by atoms with van der Waals surface area (Å²) >= 11 is 1.19. The summed E-state index contributed by atoms with van der Waals surface area (Å²) in [4.78, 5) is 36.7. The predicted octanol–water partition coefficient (Wildman–Crippen LogP) is 3.74. The highest BCUT2D eigenvalue weighted by Crippen LogP contribution is 2.25. The van der Waals surface area contributed by atoms with E-state index in [1.54, 1.807) is 6.08 Å². The molecule has 0 bridgehead atoms. The van der Waals surface area contributed by atoms with Crippen LogP contribution in [-0.2, 0) is 20.8 Å². The number of hydrogen-bond acceptors (Lipinski definition) is 8. The number of methoxy groups -OCH3 is 2. The highest BCUT2D eigenvalue weighted by atomic mass is 32.2. The Morgan fingerprint density at radius 1 is 1.09 bits per heavy atom. The molecule has 0 radical (unpaired) electrons. The van der Waals surface area contributed by atoms with Gasteiger partial charge in [0.2, 0.25) is 5.91 Å². The third kappa shape index (κ3) is 5.70. The average molecular weight is 481 g/mol. The maximum absolute atomic E-state index is 12.7. The molecule has 1 amide bonds. The summed E-state index contributed by atoms with van der Waals surface area (Å²) in [6, 6.07) is 12.1. The van der Waals surface area contributed by atoms with Gasteiger partial charge in [0, 0.05) is 12.1 Å². The number of nitrogens with one attached hydrogen (secondary N) is 1. The summed E-state index contributed by atoms with van der Waals surface area (Å²) in [6.45, 7) is 6.26. The minimum atomic E-state index is -0.645. The summed E-state index contributed by atoms with van der Waals surface area (Å²) in [5.41, 5.74) is 2.45. The third-order valence-corrected chi connectivity index (χ3v) is 5.72. The molecule has 0 aliphatic rings. The summed E-state index contributed by atoms with van der Waals surface area (Å²) < 4.78 is 11.4. The Morgan fingerprint density at radius 2 is 1.85 bits per heavy atom. The molecule has 2 aromatic carbocycles. The van der Waals surface area contributed by atoms with Crippen molar-refractivity contribution in [2.75, 3.05) is 25.3 Å². The fourth-order valence-electron chi connectivity index (χ4n) is 3.18. The number of carbonyl (C=O) groups is 3. The minimum Gasteiger partial charge on any atom is -0.465 e. The van der Waals surface area contributed by atoms with Crippen molar-refractivity contribution in [3.63, 3.8) is 0 Å². The van der Waals surface area contributed by atoms with Crippen LogP contribution in [0.3, 0.4) is 0 Å². The van der Waals surface area contributed by atoms with Crippen molar-refractivity contribution in [1.29, 1.82) is 0 Å². The summed E-state index contributed by atoms with van der Waals surface area (Å²) in [5.74, 6) is -0.977. The van der Waals surface area contributed by atoms with Gasteiger partial charge in [-0.1, -0.05) is 41.6 Å². The number of rotatable bonds is 9. The van der Waals surface area contributed by atoms with Gasteiger partial charge in [0.25, 0.3) is 0 Å². The second kappa shape index (κ2) is 11.3. The zero-order valence-corrected chi connectivity index (χ0v) is 19.8. The molecule has 0 saturated heterocycles. The Hall–Kier alpha value is -3.92. The number of benzene rings is 2. The molecule has 0 aliphatic carbocycles. The smallest absolute Gasteiger partial charge is 0.339 e. The van der Waals surface area contributed by atoms with Crippen molar-refractivity contribution in [2.45, 2.75) is 18.6 Å². The number of thioether (sulfide) groups is 1. The summed E-state index contributed by atoms with van der Waals surface area (Å²) in [7, 11) is 2.48. The number of aryl methyl sites for hydroxylation is 1. The molecule has 1 N–H and O–H groups in total. The van der Waals surface area contributed by atoms with E-state index in [2.05, 4.69) is 22.1 Å². The van der Waals surface area contributed by atoms with E-state index in [4.69, 9.17) is 9.47 Å². The van der Waals surface area contributed by atoms with E-state index in [9.17, 15) is 14.4 Å². The van der Waals surface area contributed by atoms with Crippen LogP contribution in [0.1, 0.15) is 26.3 Å². The second-order valence-electron chi connectivity index (χ2n) is 7.16. The summed E-state index contributed by atoms with van der Waals surface area (Å²) in [5, 5.41) is 11.7. The third-order valence-electron chi connectivity index (χ3n) is 4.76. The molecule has 0 atom stereocenters. The van der Waals surface area contributed by atoms with Crippen molar-refractivity contribution in [1.82, 2.24) is 14.8 Å². The lowest BCUT2D eigenvalue weighted by Crippen LogP contribution is -2.18. The van der Waals surface area contributed by atoms with Crippen molar-refractivity contribution in [3.8, 4) is 11.4 Å². The SMILES string of the molecule is C=CCn1c(SCC(=O)Nc2cc(C(=O)OC)ccc2C(=O)OC)nnc1-c1cccc(C)c1. The van der Waals surface area contributed by atoms with E-state index >= 15 is 0 Å². The molecule has 34 heavy (non-hydrogen) atoms. The quantitative estimate of drug-likeness (QED) is 0.280. The highest BCUT2D eigenvalue weighted by Gasteiger charge is 2.19. The van der Waals surface area contributed by atoms with Gasteiger partial charge >= 0.3 is 11.9 Å². The van der Waals surface area contributed by atoms with Gasteiger partial charge in [-0.3, -0.25) is 9.36 Å². The number of hydrogen-bond donors (Lipinski definition) is 1. The average Bonchev–Trinajstić information content (AvgIpc) is 3.24. The van der Waals surface area contributed by atoms with Crippen LogP contribution in [0.2, 0.25) is 0 Å². The Labute approximate surface area is 201 Å². The van der Waals surface area contributed by atoms with E-state index < -0.39 is 17.8 Å². The Bertz CT molecular complexity index is 1240. The topological polar surface area (TPSA) is 112 Å². The standard InChI is InChI=1S/C24H24N4O5S/c1-5-11-28-21(16-8-6-7-15(2)12-16)26-27-24(28)34-14-20(29)25-19-13-17(22(30)32-3)9-10-18(19)23(31)33-4/h5-10,12-13H,1,11,14H2,2-4H3,(H,25,29). The maximum Gasteiger partial charge on any atom is 0.339 e. The number of allylic oxidation sites excluding steroid dienone is 1. The van der Waals surface area contributed by atoms with Crippen molar-refractivity contribution in [3.05, 3.63) is 71.8 Å². The molecule has 0 aliphatic heterocycles. The van der Waals surface area contributed by atoms with E-state index in [0.717, 1.165) is 11.1 Å². The fourth-order valence-corrected chi connectivity index (χ4v) is 3.93. The lowest BCUT2D eigenvalue weighted by atomic mass is 10.1. The van der Waals surface area contributed by atoms with Crippen LogP contribution in [0.4, 0.5) is 5.69 Å². The minimum absolute atomic E-state index is 0.00778. The molecule has 176 valence electrons. The highest BCUT2D eigenvalue weighted by molar-refractivity contribution is 7.99. The number of nitrogens with zero attached hydrogens (tertiary/aromatic N) is 3. The lowest BCUT2D eigenvalue weighted by molar-refractivity contribution is -0.113. The number of esters is 2. The summed E-state index contributed by atoms with van der Waals surface area (Å²) in [6.07, 6.45) is 1.73. The van der Waals surface area contributed by atoms with Gasteiger partial charge in [0.05, 0.1) is 36.8 Å². The number of amides is 1. The predicted molar refractivity (Wildman–Crippen MR) is 129 cm³/mol. The monoisotopic (exact) mass is 480 g/mol. The molecular formula is C24H24N4O5S. The molecule has 0 spiro atoms. The Kier molecular flexibility index (Phi) is 8.20. The Morgan fingerprint density at radius 3 is 2.53 bits per heavy atom. The Balaban J connectivity index is 1.79. The van der Waals surface area contributed by atoms with Crippen LogP contribution in [0, 0.1) is 6.92 Å². The first-order valence-electron chi connectivity index (χ1n) is 10.2. The fraction of sp³-hybridized carbons (Fsp3) is 0.208. The van der Waals surface area contributed by atoms with Gasteiger partial charge in [-0.05, 0) is 31.2 Å². The van der Waals surface area contributed by atoms with E-state index in [0.29, 0.717) is 17.5 Å². The molecule has 0 saturated carbocycles. The van der Waals surface area contributed by atoms with Gasteiger partial charge in [-0.15, -0.1) is 16.8 Å². The van der Waals surface area contributed by atoms with Crippen LogP contribution < -0.4 is 5.32 Å². The van der Waals surface area contributed by atoms with Crippen molar-refractivity contribution < 1.29 is 23.9 Å². The number of ether oxygens (including phenoxy) is 2. The van der Waals surface area contributed by atoms with Gasteiger partial charge in [-0.2, -0.15) is 0 Å². The largest absolute Gasteiger partial charge is 0.465 e. The van der Waals surface area contributed by atoms with E-state index in [1.165, 1.54) is 44.2 Å². The first kappa shape index (κ1) is 24.7. The van der Waals surface area contributed by atoms with Gasteiger partial charge < -0.3 is 14.8 Å². The van der Waals surface area contributed by atoms with Crippen LogP contribution in [0.5, 0.6) is 0 Å². The number of anilines is 1. The molecule has 0 unspecified atom stereocenters. The first-order valence-corrected chi connectivity index (χ1v) is 11.2. The second-order valence-corrected chi connectivity index (χ2v) is 8.10. The van der Waals surface area contributed by atoms with Crippen LogP contribution in [0.15, 0.2) is 60.3 Å². The molecule has 0 fully saturated rings. The zero-order chi connectivity index (χ0) is 24.7. The normalized spacial score (nSPS) is 10.4. The molecule has 3 rings (SSSR count). The van der Waals surface area contributed by atoms with Crippen LogP contribution in [-0.4, -0.2) is 52.6 Å². The van der Waals surface area contributed by atoms with Crippen LogP contribution >= 0.6 is 11.8 Å². The van der Waals surface area contributed by atoms with Crippen molar-refractivity contribution in [2.24, 2.45) is 0 Å². The molecule has 9 nitrogen and oxygen atoms in total. The van der Waals surface area contributed by atoms with E-state index in [-0.39, 0.29) is 22.6 Å². The lowest BCUT2D eigenvalue weighted by Gasteiger charge is -2.12. The molecule has 10 heteroatoms. The maximum atomic E-state index is 12.7. The zero-order valence-electron chi connectivity index (χ0n) is 19.0. The van der Waals surface area contributed by atoms with Crippen molar-refractivity contribution >= 4 is 35.3 Å². The molecule has 1 heterocycles. The first-order chi connectivity index (χ1) is 16.4. The number of aromatic nitrogens is 3. The van der Waals surface area contributed by atoms with Gasteiger partial charge in [0.15, 0.2) is 11.0 Å². The van der Waals surface area contributed by atoms with Gasteiger partial charge in [0.1, 0.15) is 0 Å². The number of carbonyl (C=O) groups excluding carboxylic acids is 3. The molecular weight excluding hydrogens is 456 g/mol. The van der Waals surface area contributed by atoms with Gasteiger partial charge in [-0.25, -0.2) is 9.59 Å². The van der Waals surface area contributed by atoms with Crippen LogP contribution in [0.25, 0.3) is 11.4 Å². The molecule has 1 aromatic heterocycles. The van der Waals surface area contributed by atoms with E-state index in [1.807, 2.05) is 35.8 Å².